The first-order valence-corrected chi connectivity index (χ1v) is 5.10. The van der Waals surface area contributed by atoms with Gasteiger partial charge in [0.2, 0.25) is 0 Å². The first-order valence-electron chi connectivity index (χ1n) is 4.31. The lowest BCUT2D eigenvalue weighted by molar-refractivity contribution is 0.128. The van der Waals surface area contributed by atoms with Crippen molar-refractivity contribution >= 4 is 27.4 Å². The molecule has 4 nitrogen and oxygen atoms in total. The molecule has 0 aromatic carbocycles. The average molecular weight is 260 g/mol. The second-order valence-corrected chi connectivity index (χ2v) is 3.88. The molecule has 0 radical (unpaired) electrons. The van der Waals surface area contributed by atoms with Crippen molar-refractivity contribution in [2.75, 3.05) is 24.7 Å². The van der Waals surface area contributed by atoms with Crippen LogP contribution >= 0.6 is 15.9 Å². The highest BCUT2D eigenvalue weighted by molar-refractivity contribution is 9.10. The summed E-state index contributed by atoms with van der Waals surface area (Å²) >= 11 is 3.37. The quantitative estimate of drug-likeness (QED) is 0.867. The highest BCUT2D eigenvalue weighted by Gasteiger charge is 2.03. The molecule has 0 amide bonds. The molecule has 0 spiro atoms. The molecule has 1 heterocycles. The van der Waals surface area contributed by atoms with Crippen LogP contribution in [-0.4, -0.2) is 24.7 Å². The summed E-state index contributed by atoms with van der Waals surface area (Å²) in [7, 11) is 1.68. The highest BCUT2D eigenvalue weighted by Crippen LogP contribution is 2.21. The van der Waals surface area contributed by atoms with Crippen LogP contribution < -0.4 is 11.1 Å². The van der Waals surface area contributed by atoms with Crippen LogP contribution in [0.3, 0.4) is 0 Å². The van der Waals surface area contributed by atoms with E-state index in [2.05, 4.69) is 26.2 Å². The first kappa shape index (κ1) is 11.3. The second-order valence-electron chi connectivity index (χ2n) is 3.03. The molecule has 3 N–H and O–H groups in total. The van der Waals surface area contributed by atoms with Crippen LogP contribution in [-0.2, 0) is 4.74 Å². The fourth-order valence-corrected chi connectivity index (χ4v) is 1.41. The van der Waals surface area contributed by atoms with Gasteiger partial charge in [-0.05, 0) is 28.9 Å². The monoisotopic (exact) mass is 259 g/mol. The number of aromatic nitrogens is 1. The molecule has 0 aliphatic rings. The number of hydrogen-bond donors (Lipinski definition) is 2. The summed E-state index contributed by atoms with van der Waals surface area (Å²) in [5.41, 5.74) is 6.21. The Morgan fingerprint density at radius 3 is 3.00 bits per heavy atom. The van der Waals surface area contributed by atoms with Gasteiger partial charge < -0.3 is 15.8 Å². The molecule has 78 valence electrons. The van der Waals surface area contributed by atoms with Gasteiger partial charge in [-0.3, -0.25) is 0 Å². The fraction of sp³-hybridized carbons (Fsp3) is 0.444. The van der Waals surface area contributed by atoms with Crippen LogP contribution in [0.5, 0.6) is 0 Å². The van der Waals surface area contributed by atoms with E-state index in [1.54, 1.807) is 13.3 Å². The minimum Gasteiger partial charge on any atom is -0.397 e. The Hall–Kier alpha value is -0.810. The van der Waals surface area contributed by atoms with Gasteiger partial charge in [-0.1, -0.05) is 0 Å². The predicted octanol–water partition coefficient (Wildman–Crippen LogP) is 1.87. The van der Waals surface area contributed by atoms with E-state index >= 15 is 0 Å². The van der Waals surface area contributed by atoms with E-state index in [4.69, 9.17) is 10.5 Å². The molecule has 1 rings (SSSR count). The van der Waals surface area contributed by atoms with E-state index in [0.29, 0.717) is 12.2 Å². The van der Waals surface area contributed by atoms with Gasteiger partial charge in [0.15, 0.2) is 0 Å². The zero-order valence-electron chi connectivity index (χ0n) is 8.25. The second kappa shape index (κ2) is 5.17. The number of pyridine rings is 1. The normalized spacial score (nSPS) is 12.5. The number of rotatable bonds is 4. The first-order chi connectivity index (χ1) is 6.63. The summed E-state index contributed by atoms with van der Waals surface area (Å²) in [4.78, 5) is 4.15. The minimum absolute atomic E-state index is 0.154. The summed E-state index contributed by atoms with van der Waals surface area (Å²) in [5.74, 6) is 0.781. The largest absolute Gasteiger partial charge is 0.397 e. The zero-order valence-corrected chi connectivity index (χ0v) is 9.84. The predicted molar refractivity (Wildman–Crippen MR) is 61.3 cm³/mol. The van der Waals surface area contributed by atoms with Crippen molar-refractivity contribution in [2.45, 2.75) is 13.0 Å². The van der Waals surface area contributed by atoms with Crippen molar-refractivity contribution in [3.8, 4) is 0 Å². The Balaban J connectivity index is 2.59. The molecular formula is C9H14BrN3O. The molecule has 0 fully saturated rings. The van der Waals surface area contributed by atoms with E-state index in [-0.39, 0.29) is 6.10 Å². The maximum absolute atomic E-state index is 5.56. The summed E-state index contributed by atoms with van der Waals surface area (Å²) in [6.07, 6.45) is 1.77. The van der Waals surface area contributed by atoms with Gasteiger partial charge in [0.25, 0.3) is 0 Å². The highest BCUT2D eigenvalue weighted by atomic mass is 79.9. The summed E-state index contributed by atoms with van der Waals surface area (Å²) < 4.78 is 5.97. The van der Waals surface area contributed by atoms with Crippen LogP contribution in [0.2, 0.25) is 0 Å². The number of hydrogen-bond acceptors (Lipinski definition) is 4. The number of nitrogens with zero attached hydrogens (tertiary/aromatic N) is 1. The number of nitrogen functional groups attached to an aromatic ring is 1. The SMILES string of the molecule is COC(C)CNc1ncc(N)cc1Br. The Morgan fingerprint density at radius 1 is 1.71 bits per heavy atom. The lowest BCUT2D eigenvalue weighted by Gasteiger charge is -2.12. The standard InChI is InChI=1S/C9H14BrN3O/c1-6(14-2)4-12-9-8(10)3-7(11)5-13-9/h3,5-6H,4,11H2,1-2H3,(H,12,13). The Labute approximate surface area is 92.0 Å². The summed E-state index contributed by atoms with van der Waals surface area (Å²) in [6.45, 7) is 2.70. The third-order valence-corrected chi connectivity index (χ3v) is 2.43. The van der Waals surface area contributed by atoms with Crippen LogP contribution in [0, 0.1) is 0 Å². The minimum atomic E-state index is 0.154. The van der Waals surface area contributed by atoms with Crippen molar-refractivity contribution in [2.24, 2.45) is 0 Å². The maximum Gasteiger partial charge on any atom is 0.140 e. The molecule has 0 aliphatic heterocycles. The topological polar surface area (TPSA) is 60.2 Å². The summed E-state index contributed by atoms with van der Waals surface area (Å²) in [5, 5.41) is 3.15. The Morgan fingerprint density at radius 2 is 2.43 bits per heavy atom. The molecule has 14 heavy (non-hydrogen) atoms. The van der Waals surface area contributed by atoms with Gasteiger partial charge in [-0.25, -0.2) is 4.98 Å². The van der Waals surface area contributed by atoms with Crippen LogP contribution in [0.15, 0.2) is 16.7 Å². The Bertz CT molecular complexity index is 306. The number of methoxy groups -OCH3 is 1. The van der Waals surface area contributed by atoms with E-state index < -0.39 is 0 Å². The van der Waals surface area contributed by atoms with E-state index in [1.807, 2.05) is 13.0 Å². The van der Waals surface area contributed by atoms with Crippen LogP contribution in [0.25, 0.3) is 0 Å². The fourth-order valence-electron chi connectivity index (χ4n) is 0.907. The number of ether oxygens (including phenoxy) is 1. The van der Waals surface area contributed by atoms with Gasteiger partial charge in [-0.2, -0.15) is 0 Å². The molecule has 1 unspecified atom stereocenters. The van der Waals surface area contributed by atoms with Crippen LogP contribution in [0.4, 0.5) is 11.5 Å². The van der Waals surface area contributed by atoms with Crippen molar-refractivity contribution in [3.63, 3.8) is 0 Å². The van der Waals surface area contributed by atoms with Crippen molar-refractivity contribution in [1.29, 1.82) is 0 Å². The van der Waals surface area contributed by atoms with Gasteiger partial charge in [0.05, 0.1) is 22.5 Å². The summed E-state index contributed by atoms with van der Waals surface area (Å²) in [6, 6.07) is 1.81. The molecule has 1 atom stereocenters. The molecule has 1 aromatic heterocycles. The molecule has 5 heteroatoms. The van der Waals surface area contributed by atoms with Gasteiger partial charge in [0, 0.05) is 13.7 Å². The van der Waals surface area contributed by atoms with Crippen LogP contribution in [0.1, 0.15) is 6.92 Å². The number of nitrogens with two attached hydrogens (primary N) is 1. The maximum atomic E-state index is 5.56. The molecule has 0 bridgehead atoms. The third-order valence-electron chi connectivity index (χ3n) is 1.82. The third kappa shape index (κ3) is 3.16. The zero-order chi connectivity index (χ0) is 10.6. The molecule has 0 saturated carbocycles. The van der Waals surface area contributed by atoms with E-state index in [0.717, 1.165) is 10.3 Å². The number of anilines is 2. The van der Waals surface area contributed by atoms with Gasteiger partial charge in [0.1, 0.15) is 5.82 Å². The lowest BCUT2D eigenvalue weighted by Crippen LogP contribution is -2.18. The van der Waals surface area contributed by atoms with Crippen molar-refractivity contribution in [3.05, 3.63) is 16.7 Å². The smallest absolute Gasteiger partial charge is 0.140 e. The lowest BCUT2D eigenvalue weighted by atomic mass is 10.3. The van der Waals surface area contributed by atoms with Crippen molar-refractivity contribution in [1.82, 2.24) is 4.98 Å². The van der Waals surface area contributed by atoms with E-state index in [9.17, 15) is 0 Å². The molecule has 0 saturated heterocycles. The molecular weight excluding hydrogens is 246 g/mol. The number of nitrogens with one attached hydrogen (secondary N) is 1. The Kier molecular flexibility index (Phi) is 4.16. The molecule has 0 aliphatic carbocycles. The van der Waals surface area contributed by atoms with Gasteiger partial charge in [-0.15, -0.1) is 0 Å². The van der Waals surface area contributed by atoms with Gasteiger partial charge >= 0.3 is 0 Å². The van der Waals surface area contributed by atoms with E-state index in [1.165, 1.54) is 0 Å². The van der Waals surface area contributed by atoms with Crippen molar-refractivity contribution < 1.29 is 4.74 Å². The number of halogens is 1. The average Bonchev–Trinajstić information content (AvgIpc) is 2.16. The molecule has 1 aromatic rings.